The largest absolute Gasteiger partial charge is 0.389 e. The lowest BCUT2D eigenvalue weighted by Gasteiger charge is -2.35. The van der Waals surface area contributed by atoms with E-state index in [9.17, 15) is 5.11 Å². The summed E-state index contributed by atoms with van der Waals surface area (Å²) in [6.45, 7) is 8.98. The summed E-state index contributed by atoms with van der Waals surface area (Å²) in [6, 6.07) is 6.56. The van der Waals surface area contributed by atoms with Gasteiger partial charge in [0.15, 0.2) is 0 Å². The van der Waals surface area contributed by atoms with Crippen LogP contribution in [0.4, 0.5) is 5.82 Å². The zero-order valence-electron chi connectivity index (χ0n) is 13.5. The summed E-state index contributed by atoms with van der Waals surface area (Å²) in [6.07, 6.45) is 4.90. The van der Waals surface area contributed by atoms with Crippen molar-refractivity contribution >= 4 is 5.82 Å². The Balaban J connectivity index is 1.74. The molecule has 2 heterocycles. The van der Waals surface area contributed by atoms with Gasteiger partial charge in [0.1, 0.15) is 5.82 Å². The fourth-order valence-electron chi connectivity index (χ4n) is 3.17. The molecule has 1 aromatic heterocycles. The van der Waals surface area contributed by atoms with Gasteiger partial charge in [-0.15, -0.1) is 0 Å². The molecule has 0 aromatic carbocycles. The van der Waals surface area contributed by atoms with Gasteiger partial charge < -0.3 is 15.3 Å². The molecule has 21 heavy (non-hydrogen) atoms. The quantitative estimate of drug-likeness (QED) is 0.845. The smallest absolute Gasteiger partial charge is 0.128 e. The Hall–Kier alpha value is -1.13. The van der Waals surface area contributed by atoms with E-state index in [-0.39, 0.29) is 0 Å². The number of aliphatic hydroxyl groups is 1. The molecule has 2 N–H and O–H groups in total. The van der Waals surface area contributed by atoms with E-state index in [1.807, 2.05) is 25.3 Å². The fourth-order valence-corrected chi connectivity index (χ4v) is 3.17. The van der Waals surface area contributed by atoms with Crippen LogP contribution in [0.5, 0.6) is 0 Å². The minimum atomic E-state index is -0.605. The normalized spacial score (nSPS) is 19.8. The van der Waals surface area contributed by atoms with E-state index >= 15 is 0 Å². The number of nitrogens with one attached hydrogen (secondary N) is 1. The van der Waals surface area contributed by atoms with E-state index in [4.69, 9.17) is 0 Å². The highest BCUT2D eigenvalue weighted by Gasteiger charge is 2.25. The molecule has 118 valence electrons. The van der Waals surface area contributed by atoms with Crippen molar-refractivity contribution in [1.82, 2.24) is 10.3 Å². The number of hydrogen-bond donors (Lipinski definition) is 2. The molecular weight excluding hydrogens is 262 g/mol. The molecule has 1 aliphatic rings. The average molecular weight is 291 g/mol. The Bertz CT molecular complexity index is 411. The van der Waals surface area contributed by atoms with Crippen molar-refractivity contribution in [2.45, 2.75) is 51.7 Å². The molecular formula is C17H29N3O. The Kier molecular flexibility index (Phi) is 5.59. The Morgan fingerprint density at radius 1 is 1.38 bits per heavy atom. The van der Waals surface area contributed by atoms with Gasteiger partial charge in [0, 0.05) is 31.9 Å². The lowest BCUT2D eigenvalue weighted by atomic mass is 9.93. The van der Waals surface area contributed by atoms with Crippen LogP contribution in [0.1, 0.15) is 40.0 Å². The van der Waals surface area contributed by atoms with Crippen LogP contribution in [-0.2, 0) is 0 Å². The van der Waals surface area contributed by atoms with Crippen molar-refractivity contribution < 1.29 is 5.11 Å². The predicted molar refractivity (Wildman–Crippen MR) is 87.6 cm³/mol. The zero-order valence-corrected chi connectivity index (χ0v) is 13.5. The Morgan fingerprint density at radius 3 is 2.67 bits per heavy atom. The van der Waals surface area contributed by atoms with Gasteiger partial charge in [-0.05, 0) is 44.2 Å². The highest BCUT2D eigenvalue weighted by molar-refractivity contribution is 5.38. The van der Waals surface area contributed by atoms with Crippen molar-refractivity contribution in [3.8, 4) is 0 Å². The highest BCUT2D eigenvalue weighted by atomic mass is 16.3. The van der Waals surface area contributed by atoms with Crippen LogP contribution >= 0.6 is 0 Å². The second kappa shape index (κ2) is 7.23. The summed E-state index contributed by atoms with van der Waals surface area (Å²) >= 11 is 0. The SMILES string of the molecule is CC(C)CC(C)(O)CNC1CCN(c2ccccn2)CC1. The number of aromatic nitrogens is 1. The molecule has 4 heteroatoms. The minimum Gasteiger partial charge on any atom is -0.389 e. The van der Waals surface area contributed by atoms with Crippen LogP contribution in [-0.4, -0.2) is 41.4 Å². The minimum absolute atomic E-state index is 0.503. The van der Waals surface area contributed by atoms with E-state index in [0.29, 0.717) is 18.5 Å². The molecule has 1 aliphatic heterocycles. The highest BCUT2D eigenvalue weighted by Crippen LogP contribution is 2.19. The predicted octanol–water partition coefficient (Wildman–Crippen LogP) is 2.44. The number of rotatable bonds is 6. The lowest BCUT2D eigenvalue weighted by molar-refractivity contribution is 0.0351. The summed E-state index contributed by atoms with van der Waals surface area (Å²) < 4.78 is 0. The van der Waals surface area contributed by atoms with Gasteiger partial charge >= 0.3 is 0 Å². The molecule has 1 atom stereocenters. The van der Waals surface area contributed by atoms with Crippen molar-refractivity contribution in [2.75, 3.05) is 24.5 Å². The molecule has 4 nitrogen and oxygen atoms in total. The van der Waals surface area contributed by atoms with Crippen molar-refractivity contribution in [3.63, 3.8) is 0 Å². The van der Waals surface area contributed by atoms with E-state index in [1.54, 1.807) is 0 Å². The first kappa shape index (κ1) is 16.2. The third-order valence-electron chi connectivity index (χ3n) is 4.09. The second-order valence-electron chi connectivity index (χ2n) is 6.93. The van der Waals surface area contributed by atoms with Crippen LogP contribution < -0.4 is 10.2 Å². The van der Waals surface area contributed by atoms with E-state index < -0.39 is 5.60 Å². The summed E-state index contributed by atoms with van der Waals surface area (Å²) in [4.78, 5) is 6.75. The van der Waals surface area contributed by atoms with Crippen molar-refractivity contribution in [3.05, 3.63) is 24.4 Å². The molecule has 2 rings (SSSR count). The van der Waals surface area contributed by atoms with Crippen LogP contribution in [0.3, 0.4) is 0 Å². The van der Waals surface area contributed by atoms with Gasteiger partial charge in [-0.25, -0.2) is 4.98 Å². The number of nitrogens with zero attached hydrogens (tertiary/aromatic N) is 2. The third kappa shape index (κ3) is 5.29. The fraction of sp³-hybridized carbons (Fsp3) is 0.706. The van der Waals surface area contributed by atoms with Crippen LogP contribution in [0.2, 0.25) is 0 Å². The molecule has 0 bridgehead atoms. The van der Waals surface area contributed by atoms with Crippen molar-refractivity contribution in [2.24, 2.45) is 5.92 Å². The van der Waals surface area contributed by atoms with Crippen LogP contribution in [0, 0.1) is 5.92 Å². The number of pyridine rings is 1. The summed E-state index contributed by atoms with van der Waals surface area (Å²) in [7, 11) is 0. The lowest BCUT2D eigenvalue weighted by Crippen LogP contribution is -2.48. The van der Waals surface area contributed by atoms with Gasteiger partial charge in [0.05, 0.1) is 5.60 Å². The molecule has 0 saturated carbocycles. The van der Waals surface area contributed by atoms with Crippen molar-refractivity contribution in [1.29, 1.82) is 0 Å². The maximum atomic E-state index is 10.4. The summed E-state index contributed by atoms with van der Waals surface area (Å²) in [5.41, 5.74) is -0.605. The maximum Gasteiger partial charge on any atom is 0.128 e. The Labute approximate surface area is 128 Å². The maximum absolute atomic E-state index is 10.4. The number of piperidine rings is 1. The Morgan fingerprint density at radius 2 is 2.10 bits per heavy atom. The summed E-state index contributed by atoms with van der Waals surface area (Å²) in [5, 5.41) is 13.9. The van der Waals surface area contributed by atoms with Gasteiger partial charge in [0.25, 0.3) is 0 Å². The second-order valence-corrected chi connectivity index (χ2v) is 6.93. The molecule has 1 unspecified atom stereocenters. The van der Waals surface area contributed by atoms with Crippen LogP contribution in [0.25, 0.3) is 0 Å². The molecule has 0 aliphatic carbocycles. The molecule has 0 amide bonds. The van der Waals surface area contributed by atoms with Crippen LogP contribution in [0.15, 0.2) is 24.4 Å². The van der Waals surface area contributed by atoms with Gasteiger partial charge in [0.2, 0.25) is 0 Å². The van der Waals surface area contributed by atoms with Gasteiger partial charge in [-0.2, -0.15) is 0 Å². The van der Waals surface area contributed by atoms with Gasteiger partial charge in [-0.3, -0.25) is 0 Å². The molecule has 0 radical (unpaired) electrons. The molecule has 1 aromatic rings. The molecule has 1 fully saturated rings. The first-order valence-electron chi connectivity index (χ1n) is 8.08. The monoisotopic (exact) mass is 291 g/mol. The first-order valence-corrected chi connectivity index (χ1v) is 8.08. The van der Waals surface area contributed by atoms with E-state index in [1.165, 1.54) is 0 Å². The van der Waals surface area contributed by atoms with Gasteiger partial charge in [-0.1, -0.05) is 19.9 Å². The average Bonchev–Trinajstić information content (AvgIpc) is 2.45. The molecule has 1 saturated heterocycles. The third-order valence-corrected chi connectivity index (χ3v) is 4.09. The van der Waals surface area contributed by atoms with E-state index in [0.717, 1.165) is 38.2 Å². The first-order chi connectivity index (χ1) is 9.96. The van der Waals surface area contributed by atoms with E-state index in [2.05, 4.69) is 35.1 Å². The topological polar surface area (TPSA) is 48.4 Å². The molecule has 0 spiro atoms. The number of anilines is 1. The number of hydrogen-bond acceptors (Lipinski definition) is 4. The zero-order chi connectivity index (χ0) is 15.3. The summed E-state index contributed by atoms with van der Waals surface area (Å²) in [5.74, 6) is 1.59. The standard InChI is InChI=1S/C17H29N3O/c1-14(2)12-17(3,21)13-19-15-7-10-20(11-8-15)16-6-4-5-9-18-16/h4-6,9,14-15,19,21H,7-8,10-13H2,1-3H3.